The fourth-order valence-electron chi connectivity index (χ4n) is 2.53. The van der Waals surface area contributed by atoms with Crippen molar-refractivity contribution >= 4 is 11.9 Å². The number of aromatic nitrogens is 4. The molecule has 9 heteroatoms. The number of benzene rings is 1. The quantitative estimate of drug-likeness (QED) is 0.563. The van der Waals surface area contributed by atoms with Crippen LogP contribution in [0.1, 0.15) is 11.1 Å². The normalized spacial score (nSPS) is 11.6. The molecule has 4 N–H and O–H groups in total. The Labute approximate surface area is 155 Å². The van der Waals surface area contributed by atoms with Gasteiger partial charge in [0, 0.05) is 19.2 Å². The van der Waals surface area contributed by atoms with Crippen LogP contribution in [0.15, 0.2) is 61.3 Å². The number of nitrogens with one attached hydrogen (secondary N) is 2. The molecule has 0 saturated heterocycles. The zero-order valence-corrected chi connectivity index (χ0v) is 14.4. The van der Waals surface area contributed by atoms with Crippen LogP contribution >= 0.6 is 0 Å². The van der Waals surface area contributed by atoms with E-state index >= 15 is 0 Å². The van der Waals surface area contributed by atoms with Crippen molar-refractivity contribution in [1.82, 2.24) is 30.4 Å². The van der Waals surface area contributed by atoms with Crippen LogP contribution in [-0.4, -0.2) is 37.7 Å². The molecular formula is C18H19N7O2. The molecular weight excluding hydrogens is 346 g/mol. The minimum Gasteiger partial charge on any atom is -0.352 e. The molecule has 1 unspecified atom stereocenters. The number of amides is 3. The fraction of sp³-hybridized carbons (Fsp3) is 0.167. The van der Waals surface area contributed by atoms with Crippen molar-refractivity contribution in [1.29, 1.82) is 0 Å². The van der Waals surface area contributed by atoms with Crippen molar-refractivity contribution in [2.45, 2.75) is 19.0 Å². The number of hydrogen-bond acceptors (Lipinski definition) is 5. The van der Waals surface area contributed by atoms with Crippen LogP contribution in [0.4, 0.5) is 4.79 Å². The lowest BCUT2D eigenvalue weighted by atomic mass is 10.1. The lowest BCUT2D eigenvalue weighted by Crippen LogP contribution is -2.49. The van der Waals surface area contributed by atoms with E-state index in [0.717, 1.165) is 11.1 Å². The van der Waals surface area contributed by atoms with E-state index in [1.807, 2.05) is 36.4 Å². The lowest BCUT2D eigenvalue weighted by Gasteiger charge is -2.17. The smallest absolute Gasteiger partial charge is 0.312 e. The number of nitrogens with two attached hydrogens (primary N) is 1. The number of nitrogens with zero attached hydrogens (tertiary/aromatic N) is 4. The second-order valence-electron chi connectivity index (χ2n) is 5.83. The van der Waals surface area contributed by atoms with Crippen molar-refractivity contribution in [2.24, 2.45) is 5.73 Å². The molecule has 2 heterocycles. The molecule has 3 amide bonds. The number of pyridine rings is 1. The summed E-state index contributed by atoms with van der Waals surface area (Å²) >= 11 is 0. The van der Waals surface area contributed by atoms with Crippen molar-refractivity contribution in [3.8, 4) is 5.82 Å². The first kappa shape index (κ1) is 18.1. The van der Waals surface area contributed by atoms with Crippen LogP contribution in [0.25, 0.3) is 5.82 Å². The number of hydrogen-bond donors (Lipinski definition) is 3. The molecule has 3 aromatic rings. The molecule has 2 aromatic heterocycles. The third-order valence-electron chi connectivity index (χ3n) is 3.84. The summed E-state index contributed by atoms with van der Waals surface area (Å²) in [5.41, 5.74) is 6.93. The Hall–Kier alpha value is -3.75. The van der Waals surface area contributed by atoms with E-state index in [1.165, 1.54) is 11.0 Å². The van der Waals surface area contributed by atoms with Gasteiger partial charge in [0.05, 0.1) is 0 Å². The van der Waals surface area contributed by atoms with Gasteiger partial charge in [-0.05, 0) is 17.2 Å². The summed E-state index contributed by atoms with van der Waals surface area (Å²) < 4.78 is 1.54. The van der Waals surface area contributed by atoms with Gasteiger partial charge in [-0.2, -0.15) is 5.10 Å². The minimum absolute atomic E-state index is 0.273. The third-order valence-corrected chi connectivity index (χ3v) is 3.84. The van der Waals surface area contributed by atoms with E-state index in [9.17, 15) is 9.59 Å². The van der Waals surface area contributed by atoms with Crippen LogP contribution in [0.2, 0.25) is 0 Å². The average Bonchev–Trinajstić information content (AvgIpc) is 3.21. The third kappa shape index (κ3) is 5.11. The summed E-state index contributed by atoms with van der Waals surface area (Å²) in [5, 5.41) is 9.28. The van der Waals surface area contributed by atoms with Gasteiger partial charge in [0.1, 0.15) is 18.7 Å². The summed E-state index contributed by atoms with van der Waals surface area (Å²) in [7, 11) is 0. The van der Waals surface area contributed by atoms with Crippen molar-refractivity contribution in [2.75, 3.05) is 0 Å². The molecule has 0 fully saturated rings. The van der Waals surface area contributed by atoms with E-state index in [2.05, 4.69) is 25.7 Å². The van der Waals surface area contributed by atoms with E-state index in [-0.39, 0.29) is 12.5 Å². The molecule has 0 saturated carbocycles. The summed E-state index contributed by atoms with van der Waals surface area (Å²) in [6.45, 7) is 0.273. The zero-order chi connectivity index (χ0) is 19.1. The molecule has 3 rings (SSSR count). The maximum Gasteiger partial charge on any atom is 0.312 e. The van der Waals surface area contributed by atoms with Gasteiger partial charge in [-0.1, -0.05) is 36.4 Å². The Morgan fingerprint density at radius 1 is 1.11 bits per heavy atom. The van der Waals surface area contributed by atoms with E-state index in [4.69, 9.17) is 5.73 Å². The summed E-state index contributed by atoms with van der Waals surface area (Å²) in [4.78, 5) is 31.9. The van der Waals surface area contributed by atoms with Crippen LogP contribution in [-0.2, 0) is 17.8 Å². The Morgan fingerprint density at radius 2 is 1.93 bits per heavy atom. The first-order valence-corrected chi connectivity index (χ1v) is 8.29. The summed E-state index contributed by atoms with van der Waals surface area (Å²) in [6.07, 6.45) is 4.96. The first-order chi connectivity index (χ1) is 13.1. The van der Waals surface area contributed by atoms with Gasteiger partial charge < -0.3 is 16.4 Å². The van der Waals surface area contributed by atoms with Crippen LogP contribution in [0.5, 0.6) is 0 Å². The highest BCUT2D eigenvalue weighted by atomic mass is 16.2. The Morgan fingerprint density at radius 3 is 2.56 bits per heavy atom. The number of carbonyl (C=O) groups excluding carboxylic acids is 2. The maximum absolute atomic E-state index is 12.5. The predicted molar refractivity (Wildman–Crippen MR) is 97.7 cm³/mol. The number of carbonyl (C=O) groups is 2. The van der Waals surface area contributed by atoms with Gasteiger partial charge in [0.2, 0.25) is 5.91 Å². The fourth-order valence-corrected chi connectivity index (χ4v) is 2.53. The van der Waals surface area contributed by atoms with E-state index in [0.29, 0.717) is 12.2 Å². The summed E-state index contributed by atoms with van der Waals surface area (Å²) in [5.74, 6) is 0.304. The minimum atomic E-state index is -0.757. The largest absolute Gasteiger partial charge is 0.352 e. The second kappa shape index (κ2) is 8.56. The maximum atomic E-state index is 12.5. The highest BCUT2D eigenvalue weighted by Crippen LogP contribution is 2.06. The van der Waals surface area contributed by atoms with Crippen molar-refractivity contribution in [3.63, 3.8) is 0 Å². The second-order valence-corrected chi connectivity index (χ2v) is 5.83. The Balaban J connectivity index is 1.60. The van der Waals surface area contributed by atoms with Gasteiger partial charge in [-0.15, -0.1) is 0 Å². The van der Waals surface area contributed by atoms with Gasteiger partial charge in [-0.3, -0.25) is 4.79 Å². The van der Waals surface area contributed by atoms with E-state index in [1.54, 1.807) is 18.6 Å². The number of urea groups is 1. The topological polar surface area (TPSA) is 128 Å². The molecule has 0 bridgehead atoms. The van der Waals surface area contributed by atoms with Crippen LogP contribution < -0.4 is 16.4 Å². The average molecular weight is 365 g/mol. The Kier molecular flexibility index (Phi) is 5.73. The van der Waals surface area contributed by atoms with Crippen molar-refractivity contribution in [3.05, 3.63) is 72.4 Å². The lowest BCUT2D eigenvalue weighted by molar-refractivity contribution is -0.123. The van der Waals surface area contributed by atoms with E-state index < -0.39 is 12.1 Å². The molecule has 0 aliphatic rings. The summed E-state index contributed by atoms with van der Waals surface area (Å²) in [6, 6.07) is 11.5. The molecule has 1 aromatic carbocycles. The van der Waals surface area contributed by atoms with Gasteiger partial charge in [-0.25, -0.2) is 19.4 Å². The molecule has 0 aliphatic heterocycles. The van der Waals surface area contributed by atoms with Gasteiger partial charge >= 0.3 is 6.03 Å². The Bertz CT molecular complexity index is 880. The SMILES string of the molecule is NC(=O)NC(Cc1ccccc1)C(=O)NCc1ccc(-n2cncn2)nc1. The predicted octanol–water partition coefficient (Wildman–Crippen LogP) is 0.558. The standard InChI is InChI=1S/C18H19N7O2/c19-18(27)24-15(8-13-4-2-1-3-5-13)17(26)22-10-14-6-7-16(21-9-14)25-12-20-11-23-25/h1-7,9,11-12,15H,8,10H2,(H,22,26)(H3,19,24,27). The monoisotopic (exact) mass is 365 g/mol. The highest BCUT2D eigenvalue weighted by Gasteiger charge is 2.20. The molecule has 0 radical (unpaired) electrons. The first-order valence-electron chi connectivity index (χ1n) is 8.29. The molecule has 27 heavy (non-hydrogen) atoms. The highest BCUT2D eigenvalue weighted by molar-refractivity contribution is 5.86. The van der Waals surface area contributed by atoms with Gasteiger partial charge in [0.15, 0.2) is 5.82 Å². The molecule has 138 valence electrons. The number of rotatable bonds is 7. The zero-order valence-electron chi connectivity index (χ0n) is 14.4. The van der Waals surface area contributed by atoms with Crippen LogP contribution in [0, 0.1) is 0 Å². The molecule has 0 aliphatic carbocycles. The van der Waals surface area contributed by atoms with Gasteiger partial charge in [0.25, 0.3) is 0 Å². The number of primary amides is 1. The van der Waals surface area contributed by atoms with Crippen LogP contribution in [0.3, 0.4) is 0 Å². The van der Waals surface area contributed by atoms with Crippen molar-refractivity contribution < 1.29 is 9.59 Å². The molecule has 9 nitrogen and oxygen atoms in total. The molecule has 1 atom stereocenters. The molecule has 0 spiro atoms.